The lowest BCUT2D eigenvalue weighted by atomic mass is 10.2. The van der Waals surface area contributed by atoms with Crippen LogP contribution in [-0.4, -0.2) is 202 Å². The highest BCUT2D eigenvalue weighted by molar-refractivity contribution is 5.76. The van der Waals surface area contributed by atoms with E-state index in [4.69, 9.17) is 75.6 Å². The lowest BCUT2D eigenvalue weighted by Crippen LogP contribution is -2.09. The number of carbonyl (C=O) groups is 8. The molecule has 2 heterocycles. The molecule has 1 aromatic rings. The molecule has 0 radical (unpaired) electrons. The molecule has 2 unspecified atom stereocenters. The summed E-state index contributed by atoms with van der Waals surface area (Å²) in [5, 5.41) is 94.9. The summed E-state index contributed by atoms with van der Waals surface area (Å²) in [6.45, 7) is 17.5. The molecule has 1 fully saturated rings. The van der Waals surface area contributed by atoms with Crippen LogP contribution in [0.3, 0.4) is 0 Å². The van der Waals surface area contributed by atoms with Crippen LogP contribution in [0.1, 0.15) is 144 Å². The number of furan rings is 1. The molecular weight excluding hydrogens is 904 g/mol. The Balaban J connectivity index is -0.0000000501. The van der Waals surface area contributed by atoms with E-state index in [1.807, 2.05) is 6.92 Å². The Labute approximate surface area is 406 Å². The molecular formula is C46H96O22. The second-order valence-corrected chi connectivity index (χ2v) is 12.3. The van der Waals surface area contributed by atoms with Gasteiger partial charge >= 0.3 is 0 Å². The Hall–Kier alpha value is -3.88. The molecule has 0 spiro atoms. The summed E-state index contributed by atoms with van der Waals surface area (Å²) >= 11 is 0. The zero-order valence-electron chi connectivity index (χ0n) is 42.7. The number of unbranched alkanes of at least 4 members (excludes halogenated alkanes) is 4. The third-order valence-corrected chi connectivity index (χ3v) is 4.44. The van der Waals surface area contributed by atoms with Crippen LogP contribution in [0.4, 0.5) is 0 Å². The topological polar surface area (TPSA) is 402 Å². The van der Waals surface area contributed by atoms with Crippen molar-refractivity contribution in [3.63, 3.8) is 0 Å². The maximum absolute atomic E-state index is 9.77. The normalized spacial score (nSPS) is 10.5. The van der Waals surface area contributed by atoms with Crippen LogP contribution in [0.5, 0.6) is 0 Å². The van der Waals surface area contributed by atoms with Crippen LogP contribution in [0.2, 0.25) is 0 Å². The number of rotatable bonds is 16. The predicted octanol–water partition coefficient (Wildman–Crippen LogP) is 1.19. The standard InChI is InChI=1S/C5H10O2.C5H4O2.C4H10O2.C4H6O2.C4H10O.C4H8O.C3H8O2.C3H6O2.C3H8O.C3H6O.C2H6O2.C2H4O2.C2H6O.C2H4O/c2*6-4-5-2-1-3-7-5;2*5-3-1-2-4-6;2*1-2-3-4-5;2*1-3(5)2-4;2*1-3(2)4;2*3-1-2-4;2*1-2-3/h5-6H,1-4H2;1-4H;5-6H,1-4H2;3-4H,1-2H2;5H,2-4H2,1H3;4H,2-3H2,1H3;3-5H,2H2,1H3;4H,2H2,1H3;3-4H,1-2H3;1-2H3;3-4H,1-2H2;1,4H,2H2;3H,2H2,1H3;2H,1H3. The van der Waals surface area contributed by atoms with E-state index >= 15 is 0 Å². The molecule has 1 aliphatic rings. The van der Waals surface area contributed by atoms with Crippen LogP contribution in [0, 0.1) is 0 Å². The fourth-order valence-corrected chi connectivity index (χ4v) is 1.78. The summed E-state index contributed by atoms with van der Waals surface area (Å²) in [7, 11) is 0. The number of hydrogen-bond acceptors (Lipinski definition) is 22. The van der Waals surface area contributed by atoms with Gasteiger partial charge in [0, 0.05) is 58.4 Å². The summed E-state index contributed by atoms with van der Waals surface area (Å²) in [6, 6.07) is 3.27. The fraction of sp³-hybridized carbons (Fsp3) is 0.739. The molecule has 0 amide bonds. The van der Waals surface area contributed by atoms with E-state index in [9.17, 15) is 28.8 Å². The largest absolute Gasteiger partial charge is 0.462 e. The number of carbonyl (C=O) groups excluding carboxylic acids is 8. The molecule has 0 bridgehead atoms. The quantitative estimate of drug-likeness (QED) is 0.0817. The molecule has 68 heavy (non-hydrogen) atoms. The van der Waals surface area contributed by atoms with E-state index in [1.54, 1.807) is 32.9 Å². The van der Waals surface area contributed by atoms with Crippen molar-refractivity contribution in [2.75, 3.05) is 72.7 Å². The molecule has 1 aromatic heterocycles. The van der Waals surface area contributed by atoms with Crippen molar-refractivity contribution in [3.05, 3.63) is 24.2 Å². The van der Waals surface area contributed by atoms with E-state index < -0.39 is 6.10 Å². The Morgan fingerprint density at radius 3 is 1.12 bits per heavy atom. The third-order valence-electron chi connectivity index (χ3n) is 4.44. The van der Waals surface area contributed by atoms with Gasteiger partial charge in [-0.25, -0.2) is 0 Å². The van der Waals surface area contributed by atoms with Crippen molar-refractivity contribution in [3.8, 4) is 0 Å². The molecule has 0 saturated carbocycles. The van der Waals surface area contributed by atoms with Crippen molar-refractivity contribution >= 4 is 49.3 Å². The smallest absolute Gasteiger partial charge is 0.185 e. The molecule has 22 heteroatoms. The first-order valence-electron chi connectivity index (χ1n) is 21.9. The van der Waals surface area contributed by atoms with Crippen molar-refractivity contribution in [2.24, 2.45) is 0 Å². The number of aliphatic hydroxyl groups excluding tert-OH is 12. The Kier molecular flexibility index (Phi) is 158. The van der Waals surface area contributed by atoms with Gasteiger partial charge in [-0.15, -0.1) is 0 Å². The Morgan fingerprint density at radius 2 is 1.03 bits per heavy atom. The maximum Gasteiger partial charge on any atom is 0.185 e. The minimum Gasteiger partial charge on any atom is -0.462 e. The van der Waals surface area contributed by atoms with Crippen LogP contribution in [0.15, 0.2) is 22.8 Å². The number of Topliss-reactive ketones (excluding diaryl/α,β-unsaturated/α-hetero) is 2. The average molecular weight is 1000 g/mol. The minimum atomic E-state index is -0.560. The minimum absolute atomic E-state index is 0.125. The highest BCUT2D eigenvalue weighted by Gasteiger charge is 2.12. The monoisotopic (exact) mass is 1000 g/mol. The van der Waals surface area contributed by atoms with Crippen LogP contribution in [0.25, 0.3) is 0 Å². The second kappa shape index (κ2) is 115. The number of ketones is 2. The summed E-state index contributed by atoms with van der Waals surface area (Å²) in [6.07, 6.45) is 13.2. The molecule has 412 valence electrons. The Morgan fingerprint density at radius 1 is 0.676 bits per heavy atom. The summed E-state index contributed by atoms with van der Waals surface area (Å²) in [5.41, 5.74) is 0. The highest BCUT2D eigenvalue weighted by Crippen LogP contribution is 2.09. The third kappa shape index (κ3) is 256. The molecule has 22 nitrogen and oxygen atoms in total. The first-order valence-corrected chi connectivity index (χ1v) is 21.9. The van der Waals surface area contributed by atoms with E-state index in [0.717, 1.165) is 76.7 Å². The van der Waals surface area contributed by atoms with Gasteiger partial charge in [-0.05, 0) is 106 Å². The highest BCUT2D eigenvalue weighted by atomic mass is 16.5. The molecule has 1 saturated heterocycles. The fourth-order valence-electron chi connectivity index (χ4n) is 1.78. The lowest BCUT2D eigenvalue weighted by molar-refractivity contribution is -0.119. The number of aliphatic hydroxyl groups is 12. The van der Waals surface area contributed by atoms with Crippen molar-refractivity contribution in [1.29, 1.82) is 0 Å². The summed E-state index contributed by atoms with van der Waals surface area (Å²) in [4.78, 5) is 74.7. The van der Waals surface area contributed by atoms with Gasteiger partial charge in [0.15, 0.2) is 17.8 Å². The van der Waals surface area contributed by atoms with Crippen molar-refractivity contribution in [1.82, 2.24) is 0 Å². The zero-order chi connectivity index (χ0) is 56.1. The zero-order valence-corrected chi connectivity index (χ0v) is 42.7. The number of aldehydes is 6. The van der Waals surface area contributed by atoms with Gasteiger partial charge in [0.2, 0.25) is 0 Å². The SMILES string of the molecule is CC(=O)CO.CC(C)=O.CC(C)O.CC(O)CO.CC=O.CCCC=O.CCCCO.CCO.O=CCCC=O.O=CCO.O=Cc1ccco1.OCC1CCCO1.OCCCCO.OCCO. The first-order chi connectivity index (χ1) is 32.2. The van der Waals surface area contributed by atoms with E-state index in [2.05, 4.69) is 11.3 Å². The van der Waals surface area contributed by atoms with Gasteiger partial charge in [-0.3, -0.25) is 9.59 Å². The summed E-state index contributed by atoms with van der Waals surface area (Å²) < 4.78 is 9.67. The maximum atomic E-state index is 9.77. The lowest BCUT2D eigenvalue weighted by Gasteiger charge is -2.00. The molecule has 2 rings (SSSR count). The van der Waals surface area contributed by atoms with E-state index in [1.165, 1.54) is 40.9 Å². The predicted molar refractivity (Wildman–Crippen MR) is 260 cm³/mol. The van der Waals surface area contributed by atoms with Gasteiger partial charge in [0.25, 0.3) is 0 Å². The van der Waals surface area contributed by atoms with Crippen molar-refractivity contribution < 1.29 is 109 Å². The molecule has 12 N–H and O–H groups in total. The van der Waals surface area contributed by atoms with E-state index in [-0.39, 0.29) is 83.2 Å². The second-order valence-electron chi connectivity index (χ2n) is 12.3. The number of hydrogen-bond donors (Lipinski definition) is 12. The molecule has 2 atom stereocenters. The van der Waals surface area contributed by atoms with E-state index in [0.29, 0.717) is 44.2 Å². The molecule has 0 aromatic carbocycles. The van der Waals surface area contributed by atoms with Gasteiger partial charge < -0.3 is 99.2 Å². The van der Waals surface area contributed by atoms with Crippen LogP contribution in [-0.2, 0) is 38.3 Å². The van der Waals surface area contributed by atoms with Crippen molar-refractivity contribution in [2.45, 2.75) is 152 Å². The van der Waals surface area contributed by atoms with Gasteiger partial charge in [-0.2, -0.15) is 0 Å². The van der Waals surface area contributed by atoms with Crippen LogP contribution >= 0.6 is 0 Å². The van der Waals surface area contributed by atoms with Gasteiger partial charge in [0.1, 0.15) is 43.8 Å². The average Bonchev–Trinajstić information content (AvgIpc) is 4.06. The first kappa shape index (κ1) is 94.0. The number of ether oxygens (including phenoxy) is 1. The summed E-state index contributed by atoms with van der Waals surface area (Å²) in [5.74, 6) is 0.352. The Bertz CT molecular complexity index is 950. The molecule has 0 aliphatic carbocycles. The van der Waals surface area contributed by atoms with Crippen LogP contribution < -0.4 is 0 Å². The van der Waals surface area contributed by atoms with Gasteiger partial charge in [-0.1, -0.05) is 20.3 Å². The molecule has 1 aliphatic heterocycles. The van der Waals surface area contributed by atoms with Gasteiger partial charge in [0.05, 0.1) is 51.5 Å².